The summed E-state index contributed by atoms with van der Waals surface area (Å²) in [6, 6.07) is 0.409. The van der Waals surface area contributed by atoms with Crippen LogP contribution < -0.4 is 10.6 Å². The van der Waals surface area contributed by atoms with Gasteiger partial charge < -0.3 is 10.6 Å². The minimum absolute atomic E-state index is 0.139. The third-order valence-corrected chi connectivity index (χ3v) is 5.34. The molecule has 0 aliphatic carbocycles. The third-order valence-electron chi connectivity index (χ3n) is 4.13. The van der Waals surface area contributed by atoms with Crippen LogP contribution in [0.2, 0.25) is 0 Å². The average molecular weight is 256 g/mol. The molecule has 0 aromatic carbocycles. The van der Waals surface area contributed by atoms with E-state index in [9.17, 15) is 4.79 Å². The second-order valence-electron chi connectivity index (χ2n) is 5.30. The van der Waals surface area contributed by atoms with Crippen molar-refractivity contribution < 1.29 is 4.79 Å². The lowest BCUT2D eigenvalue weighted by Gasteiger charge is -2.37. The summed E-state index contributed by atoms with van der Waals surface area (Å²) in [4.78, 5) is 12.5. The fourth-order valence-corrected chi connectivity index (χ4v) is 3.89. The Morgan fingerprint density at radius 2 is 2.41 bits per heavy atom. The highest BCUT2D eigenvalue weighted by atomic mass is 32.2. The van der Waals surface area contributed by atoms with E-state index in [4.69, 9.17) is 0 Å². The SMILES string of the molecule is CCC1(C(=O)NC2CCCSC2)CCCNC1. The van der Waals surface area contributed by atoms with Crippen LogP contribution in [-0.4, -0.2) is 36.5 Å². The smallest absolute Gasteiger partial charge is 0.227 e. The van der Waals surface area contributed by atoms with Crippen molar-refractivity contribution in [2.24, 2.45) is 5.41 Å². The van der Waals surface area contributed by atoms with Gasteiger partial charge in [-0.25, -0.2) is 0 Å². The van der Waals surface area contributed by atoms with E-state index in [1.165, 1.54) is 12.2 Å². The van der Waals surface area contributed by atoms with E-state index in [1.54, 1.807) is 0 Å². The summed E-state index contributed by atoms with van der Waals surface area (Å²) < 4.78 is 0. The molecule has 0 bridgehead atoms. The van der Waals surface area contributed by atoms with Gasteiger partial charge in [0.1, 0.15) is 0 Å². The van der Waals surface area contributed by atoms with Crippen LogP contribution >= 0.6 is 11.8 Å². The first kappa shape index (κ1) is 13.2. The van der Waals surface area contributed by atoms with Gasteiger partial charge in [-0.15, -0.1) is 0 Å². The largest absolute Gasteiger partial charge is 0.352 e. The van der Waals surface area contributed by atoms with Crippen molar-refractivity contribution in [1.82, 2.24) is 10.6 Å². The van der Waals surface area contributed by atoms with Gasteiger partial charge in [-0.3, -0.25) is 4.79 Å². The number of nitrogens with one attached hydrogen (secondary N) is 2. The Hall–Kier alpha value is -0.220. The number of piperidine rings is 1. The van der Waals surface area contributed by atoms with Gasteiger partial charge in [0, 0.05) is 18.3 Å². The molecule has 0 aromatic rings. The van der Waals surface area contributed by atoms with Crippen LogP contribution in [0.25, 0.3) is 0 Å². The topological polar surface area (TPSA) is 41.1 Å². The van der Waals surface area contributed by atoms with E-state index in [1.807, 2.05) is 11.8 Å². The van der Waals surface area contributed by atoms with E-state index in [2.05, 4.69) is 17.6 Å². The molecule has 17 heavy (non-hydrogen) atoms. The predicted molar refractivity (Wildman–Crippen MR) is 73.3 cm³/mol. The first-order valence-electron chi connectivity index (χ1n) is 6.86. The molecule has 0 saturated carbocycles. The first-order chi connectivity index (χ1) is 8.27. The molecule has 2 unspecified atom stereocenters. The molecule has 1 amide bonds. The van der Waals surface area contributed by atoms with E-state index < -0.39 is 0 Å². The number of rotatable bonds is 3. The van der Waals surface area contributed by atoms with E-state index in [0.29, 0.717) is 11.9 Å². The summed E-state index contributed by atoms with van der Waals surface area (Å²) in [6.45, 7) is 4.06. The van der Waals surface area contributed by atoms with Gasteiger partial charge in [0.2, 0.25) is 5.91 Å². The molecule has 0 spiro atoms. The van der Waals surface area contributed by atoms with Gasteiger partial charge in [-0.1, -0.05) is 6.92 Å². The Labute approximate surface area is 108 Å². The fraction of sp³-hybridized carbons (Fsp3) is 0.923. The van der Waals surface area contributed by atoms with E-state index in [-0.39, 0.29) is 5.41 Å². The molecule has 2 atom stereocenters. The lowest BCUT2D eigenvalue weighted by Crippen LogP contribution is -2.53. The number of carbonyl (C=O) groups excluding carboxylic acids is 1. The molecule has 2 saturated heterocycles. The van der Waals surface area contributed by atoms with Crippen molar-refractivity contribution >= 4 is 17.7 Å². The van der Waals surface area contributed by atoms with Crippen LogP contribution in [0.5, 0.6) is 0 Å². The molecule has 2 aliphatic heterocycles. The third kappa shape index (κ3) is 3.16. The molecule has 2 aliphatic rings. The Bertz CT molecular complexity index is 258. The Kier molecular flexibility index (Phi) is 4.74. The van der Waals surface area contributed by atoms with Crippen LogP contribution in [0.1, 0.15) is 39.0 Å². The average Bonchev–Trinajstić information content (AvgIpc) is 2.40. The van der Waals surface area contributed by atoms with Gasteiger partial charge in [-0.05, 0) is 44.4 Å². The van der Waals surface area contributed by atoms with Gasteiger partial charge in [0.25, 0.3) is 0 Å². The van der Waals surface area contributed by atoms with E-state index in [0.717, 1.165) is 44.5 Å². The number of thioether (sulfide) groups is 1. The van der Waals surface area contributed by atoms with Crippen molar-refractivity contribution in [3.63, 3.8) is 0 Å². The zero-order chi connectivity index (χ0) is 12.1. The lowest BCUT2D eigenvalue weighted by molar-refractivity contribution is -0.133. The van der Waals surface area contributed by atoms with Crippen LogP contribution in [0.15, 0.2) is 0 Å². The van der Waals surface area contributed by atoms with Gasteiger partial charge in [-0.2, -0.15) is 11.8 Å². The van der Waals surface area contributed by atoms with Crippen molar-refractivity contribution in [1.29, 1.82) is 0 Å². The van der Waals surface area contributed by atoms with Crippen LogP contribution in [0, 0.1) is 5.41 Å². The van der Waals surface area contributed by atoms with Crippen molar-refractivity contribution in [2.75, 3.05) is 24.6 Å². The second-order valence-corrected chi connectivity index (χ2v) is 6.45. The molecule has 2 rings (SSSR count). The highest BCUT2D eigenvalue weighted by Gasteiger charge is 2.38. The number of hydrogen-bond donors (Lipinski definition) is 2. The Balaban J connectivity index is 1.91. The molecule has 3 nitrogen and oxygen atoms in total. The summed E-state index contributed by atoms with van der Waals surface area (Å²) in [5, 5.41) is 6.66. The molecule has 4 heteroatoms. The molecular formula is C13H24N2OS. The van der Waals surface area contributed by atoms with Crippen LogP contribution in [0.4, 0.5) is 0 Å². The first-order valence-corrected chi connectivity index (χ1v) is 8.02. The highest BCUT2D eigenvalue weighted by Crippen LogP contribution is 2.31. The maximum atomic E-state index is 12.5. The summed E-state index contributed by atoms with van der Waals surface area (Å²) >= 11 is 1.97. The zero-order valence-corrected chi connectivity index (χ0v) is 11.6. The van der Waals surface area contributed by atoms with Crippen LogP contribution in [-0.2, 0) is 4.79 Å². The van der Waals surface area contributed by atoms with Crippen LogP contribution in [0.3, 0.4) is 0 Å². The highest BCUT2D eigenvalue weighted by molar-refractivity contribution is 7.99. The fourth-order valence-electron chi connectivity index (χ4n) is 2.82. The summed E-state index contributed by atoms with van der Waals surface area (Å²) in [5.41, 5.74) is -0.139. The normalized spacial score (nSPS) is 34.3. The number of hydrogen-bond acceptors (Lipinski definition) is 3. The molecule has 2 heterocycles. The van der Waals surface area contributed by atoms with Gasteiger partial charge >= 0.3 is 0 Å². The number of amides is 1. The Morgan fingerprint density at radius 3 is 3.00 bits per heavy atom. The standard InChI is InChI=1S/C13H24N2OS/c1-2-13(6-4-7-14-10-13)12(16)15-11-5-3-8-17-9-11/h11,14H,2-10H2,1H3,(H,15,16). The molecular weight excluding hydrogens is 232 g/mol. The predicted octanol–water partition coefficient (Wildman–Crippen LogP) is 1.78. The van der Waals surface area contributed by atoms with Crippen molar-refractivity contribution in [3.05, 3.63) is 0 Å². The molecule has 2 fully saturated rings. The van der Waals surface area contributed by atoms with Crippen molar-refractivity contribution in [3.8, 4) is 0 Å². The molecule has 0 radical (unpaired) electrons. The van der Waals surface area contributed by atoms with Crippen molar-refractivity contribution in [2.45, 2.75) is 45.1 Å². The molecule has 0 aromatic heterocycles. The monoisotopic (exact) mass is 256 g/mol. The summed E-state index contributed by atoms with van der Waals surface area (Å²) in [6.07, 6.45) is 5.52. The second kappa shape index (κ2) is 6.10. The number of carbonyl (C=O) groups is 1. The van der Waals surface area contributed by atoms with Gasteiger partial charge in [0.05, 0.1) is 5.41 Å². The minimum atomic E-state index is -0.139. The summed E-state index contributed by atoms with van der Waals surface area (Å²) in [7, 11) is 0. The van der Waals surface area contributed by atoms with E-state index >= 15 is 0 Å². The Morgan fingerprint density at radius 1 is 1.53 bits per heavy atom. The summed E-state index contributed by atoms with van der Waals surface area (Å²) in [5.74, 6) is 2.64. The van der Waals surface area contributed by atoms with Gasteiger partial charge in [0.15, 0.2) is 0 Å². The quantitative estimate of drug-likeness (QED) is 0.809. The maximum absolute atomic E-state index is 12.5. The molecule has 98 valence electrons. The minimum Gasteiger partial charge on any atom is -0.352 e. The lowest BCUT2D eigenvalue weighted by atomic mass is 9.77. The molecule has 2 N–H and O–H groups in total. The maximum Gasteiger partial charge on any atom is 0.227 e. The zero-order valence-electron chi connectivity index (χ0n) is 10.8.